The summed E-state index contributed by atoms with van der Waals surface area (Å²) in [7, 11) is 0. The number of halogens is 2. The number of rotatable bonds is 3. The molecule has 3 N–H and O–H groups in total. The molecule has 0 aliphatic heterocycles. The Hall–Kier alpha value is -0.980. The molecule has 2 aromatic rings. The van der Waals surface area contributed by atoms with E-state index in [1.165, 1.54) is 9.64 Å². The van der Waals surface area contributed by atoms with Gasteiger partial charge in [0.05, 0.1) is 6.04 Å². The van der Waals surface area contributed by atoms with Crippen molar-refractivity contribution < 1.29 is 4.39 Å². The van der Waals surface area contributed by atoms with Gasteiger partial charge in [0.1, 0.15) is 5.82 Å². The Morgan fingerprint density at radius 1 is 1.11 bits per heavy atom. The zero-order valence-corrected chi connectivity index (χ0v) is 12.1. The lowest BCUT2D eigenvalue weighted by molar-refractivity contribution is 0.607. The van der Waals surface area contributed by atoms with Gasteiger partial charge in [-0.25, -0.2) is 9.82 Å². The first-order valence-corrected chi connectivity index (χ1v) is 6.67. The van der Waals surface area contributed by atoms with Gasteiger partial charge < -0.3 is 0 Å². The summed E-state index contributed by atoms with van der Waals surface area (Å²) in [4.78, 5) is 0. The number of hydrogen-bond acceptors (Lipinski definition) is 2. The largest absolute Gasteiger partial charge is 0.271 e. The number of nitrogens with one attached hydrogen (secondary N) is 1. The van der Waals surface area contributed by atoms with E-state index >= 15 is 0 Å². The summed E-state index contributed by atoms with van der Waals surface area (Å²) >= 11 is 2.26. The second-order valence-electron chi connectivity index (χ2n) is 4.16. The Kier molecular flexibility index (Phi) is 4.31. The Morgan fingerprint density at radius 3 is 2.28 bits per heavy atom. The third-order valence-corrected chi connectivity index (χ3v) is 3.60. The number of benzene rings is 2. The Morgan fingerprint density at radius 2 is 1.72 bits per heavy atom. The van der Waals surface area contributed by atoms with Crippen LogP contribution in [0, 0.1) is 16.3 Å². The highest BCUT2D eigenvalue weighted by molar-refractivity contribution is 14.1. The van der Waals surface area contributed by atoms with Crippen LogP contribution in [-0.4, -0.2) is 0 Å². The summed E-state index contributed by atoms with van der Waals surface area (Å²) < 4.78 is 14.4. The van der Waals surface area contributed by atoms with Crippen LogP contribution in [-0.2, 0) is 0 Å². The van der Waals surface area contributed by atoms with E-state index in [0.717, 1.165) is 11.1 Å². The lowest BCUT2D eigenvalue weighted by atomic mass is 9.98. The molecule has 0 aromatic heterocycles. The molecule has 2 rings (SSSR count). The monoisotopic (exact) mass is 356 g/mol. The van der Waals surface area contributed by atoms with E-state index in [9.17, 15) is 4.39 Å². The molecule has 18 heavy (non-hydrogen) atoms. The third kappa shape index (κ3) is 2.88. The van der Waals surface area contributed by atoms with Crippen LogP contribution in [0.5, 0.6) is 0 Å². The molecule has 0 aliphatic rings. The highest BCUT2D eigenvalue weighted by atomic mass is 127. The maximum absolute atomic E-state index is 13.3. The molecule has 2 aromatic carbocycles. The van der Waals surface area contributed by atoms with Gasteiger partial charge in [0.25, 0.3) is 0 Å². The molecule has 4 heteroatoms. The average molecular weight is 356 g/mol. The normalized spacial score (nSPS) is 12.4. The first-order chi connectivity index (χ1) is 8.61. The predicted molar refractivity (Wildman–Crippen MR) is 79.5 cm³/mol. The van der Waals surface area contributed by atoms with Crippen molar-refractivity contribution in [2.75, 3.05) is 0 Å². The average Bonchev–Trinajstić information content (AvgIpc) is 2.37. The second-order valence-corrected chi connectivity index (χ2v) is 5.41. The minimum atomic E-state index is -0.197. The Balaban J connectivity index is 2.38. The van der Waals surface area contributed by atoms with Crippen molar-refractivity contribution in [1.82, 2.24) is 5.43 Å². The summed E-state index contributed by atoms with van der Waals surface area (Å²) in [5.41, 5.74) is 5.41. The molecule has 0 saturated heterocycles. The minimum absolute atomic E-state index is 0.124. The molecule has 1 atom stereocenters. The Bertz CT molecular complexity index is 540. The van der Waals surface area contributed by atoms with Gasteiger partial charge >= 0.3 is 0 Å². The molecule has 1 unspecified atom stereocenters. The van der Waals surface area contributed by atoms with Crippen LogP contribution in [0.3, 0.4) is 0 Å². The van der Waals surface area contributed by atoms with Crippen LogP contribution in [0.4, 0.5) is 4.39 Å². The van der Waals surface area contributed by atoms with Crippen molar-refractivity contribution in [2.45, 2.75) is 13.0 Å². The SMILES string of the molecule is Cc1cc(C(NN)c2ccc(I)cc2)ccc1F. The summed E-state index contributed by atoms with van der Waals surface area (Å²) in [6, 6.07) is 13.0. The fraction of sp³-hybridized carbons (Fsp3) is 0.143. The lowest BCUT2D eigenvalue weighted by Crippen LogP contribution is -2.28. The molecular weight excluding hydrogens is 342 g/mol. The van der Waals surface area contributed by atoms with E-state index in [-0.39, 0.29) is 11.9 Å². The van der Waals surface area contributed by atoms with Crippen LogP contribution in [0.2, 0.25) is 0 Å². The quantitative estimate of drug-likeness (QED) is 0.503. The van der Waals surface area contributed by atoms with Gasteiger partial charge in [0.15, 0.2) is 0 Å². The van der Waals surface area contributed by atoms with Crippen molar-refractivity contribution in [3.05, 3.63) is 68.5 Å². The minimum Gasteiger partial charge on any atom is -0.271 e. The van der Waals surface area contributed by atoms with Gasteiger partial charge in [-0.1, -0.05) is 24.3 Å². The number of nitrogens with two attached hydrogens (primary N) is 1. The van der Waals surface area contributed by atoms with E-state index in [4.69, 9.17) is 5.84 Å². The van der Waals surface area contributed by atoms with Crippen molar-refractivity contribution in [3.8, 4) is 0 Å². The fourth-order valence-electron chi connectivity index (χ4n) is 1.89. The van der Waals surface area contributed by atoms with E-state index < -0.39 is 0 Å². The second kappa shape index (κ2) is 5.77. The third-order valence-electron chi connectivity index (χ3n) is 2.89. The topological polar surface area (TPSA) is 38.0 Å². The first-order valence-electron chi connectivity index (χ1n) is 5.59. The molecule has 0 amide bonds. The van der Waals surface area contributed by atoms with Crippen molar-refractivity contribution in [2.24, 2.45) is 5.84 Å². The number of aryl methyl sites for hydroxylation is 1. The van der Waals surface area contributed by atoms with Crippen LogP contribution < -0.4 is 11.3 Å². The highest BCUT2D eigenvalue weighted by Crippen LogP contribution is 2.23. The maximum atomic E-state index is 13.3. The van der Waals surface area contributed by atoms with E-state index in [2.05, 4.69) is 28.0 Å². The smallest absolute Gasteiger partial charge is 0.126 e. The molecule has 0 radical (unpaired) electrons. The molecule has 0 heterocycles. The van der Waals surface area contributed by atoms with Crippen LogP contribution in [0.15, 0.2) is 42.5 Å². The summed E-state index contributed by atoms with van der Waals surface area (Å²) in [6.07, 6.45) is 0. The molecule has 94 valence electrons. The number of hydrazine groups is 1. The van der Waals surface area contributed by atoms with Gasteiger partial charge in [-0.3, -0.25) is 5.84 Å². The Labute approximate surface area is 120 Å². The van der Waals surface area contributed by atoms with Crippen molar-refractivity contribution in [3.63, 3.8) is 0 Å². The molecular formula is C14H14FIN2. The zero-order valence-electron chi connectivity index (χ0n) is 9.95. The summed E-state index contributed by atoms with van der Waals surface area (Å²) in [5, 5.41) is 0. The standard InChI is InChI=1S/C14H14FIN2/c1-9-8-11(4-7-13(9)15)14(18-17)10-2-5-12(16)6-3-10/h2-8,14,18H,17H2,1H3. The van der Waals surface area contributed by atoms with Crippen LogP contribution in [0.1, 0.15) is 22.7 Å². The molecule has 0 saturated carbocycles. The molecule has 0 fully saturated rings. The highest BCUT2D eigenvalue weighted by Gasteiger charge is 2.13. The van der Waals surface area contributed by atoms with Gasteiger partial charge in [-0.2, -0.15) is 0 Å². The van der Waals surface area contributed by atoms with Gasteiger partial charge in [0.2, 0.25) is 0 Å². The van der Waals surface area contributed by atoms with E-state index in [1.807, 2.05) is 30.3 Å². The molecule has 0 spiro atoms. The molecule has 2 nitrogen and oxygen atoms in total. The number of hydrogen-bond donors (Lipinski definition) is 2. The maximum Gasteiger partial charge on any atom is 0.126 e. The fourth-order valence-corrected chi connectivity index (χ4v) is 2.25. The van der Waals surface area contributed by atoms with E-state index in [0.29, 0.717) is 5.56 Å². The van der Waals surface area contributed by atoms with Crippen LogP contribution in [0.25, 0.3) is 0 Å². The van der Waals surface area contributed by atoms with Gasteiger partial charge in [-0.05, 0) is 64.4 Å². The first kappa shape index (κ1) is 13.5. The lowest BCUT2D eigenvalue weighted by Gasteiger charge is -2.17. The molecule has 0 aliphatic carbocycles. The summed E-state index contributed by atoms with van der Waals surface area (Å²) in [5.74, 6) is 5.42. The van der Waals surface area contributed by atoms with Crippen molar-refractivity contribution >= 4 is 22.6 Å². The predicted octanol–water partition coefficient (Wildman–Crippen LogP) is 3.29. The van der Waals surface area contributed by atoms with Gasteiger partial charge in [0, 0.05) is 3.57 Å². The summed E-state index contributed by atoms with van der Waals surface area (Å²) in [6.45, 7) is 1.75. The van der Waals surface area contributed by atoms with Gasteiger partial charge in [-0.15, -0.1) is 0 Å². The van der Waals surface area contributed by atoms with E-state index in [1.54, 1.807) is 13.0 Å². The van der Waals surface area contributed by atoms with Crippen molar-refractivity contribution in [1.29, 1.82) is 0 Å². The zero-order chi connectivity index (χ0) is 13.1. The van der Waals surface area contributed by atoms with Crippen LogP contribution >= 0.6 is 22.6 Å². The molecule has 0 bridgehead atoms.